The van der Waals surface area contributed by atoms with Crippen molar-refractivity contribution in [2.24, 2.45) is 24.6 Å². The van der Waals surface area contributed by atoms with Gasteiger partial charge in [-0.2, -0.15) is 5.10 Å². The predicted octanol–water partition coefficient (Wildman–Crippen LogP) is 5.32. The van der Waals surface area contributed by atoms with E-state index in [9.17, 15) is 24.3 Å². The van der Waals surface area contributed by atoms with E-state index in [4.69, 9.17) is 81.2 Å². The molecule has 3 aromatic heterocycles. The topological polar surface area (TPSA) is 322 Å². The van der Waals surface area contributed by atoms with E-state index in [0.717, 1.165) is 24.0 Å². The van der Waals surface area contributed by atoms with Gasteiger partial charge < -0.3 is 91.6 Å². The number of carbonyl (C=O) groups excluding carboxylic acids is 3. The minimum atomic E-state index is -1.32. The summed E-state index contributed by atoms with van der Waals surface area (Å²) >= 11 is 0. The van der Waals surface area contributed by atoms with E-state index in [1.165, 1.54) is 10.7 Å². The molecule has 5 aromatic rings. The highest BCUT2D eigenvalue weighted by molar-refractivity contribution is 6.03. The number of hydrogen-bond donors (Lipinski definition) is 3. The Labute approximate surface area is 563 Å². The number of Topliss-reactive ketones (excluding diaryl/α,β-unsaturated/α-hetero) is 2. The first-order chi connectivity index (χ1) is 47.0. The van der Waals surface area contributed by atoms with Crippen molar-refractivity contribution in [2.45, 2.75) is 70.9 Å². The largest absolute Gasteiger partial charge is 0.435 e. The van der Waals surface area contributed by atoms with E-state index < -0.39 is 18.1 Å². The normalized spacial score (nSPS) is 12.6. The molecule has 0 aliphatic heterocycles. The van der Waals surface area contributed by atoms with Gasteiger partial charge in [0.1, 0.15) is 28.8 Å². The molecule has 0 saturated heterocycles. The van der Waals surface area contributed by atoms with E-state index in [1.54, 1.807) is 43.6 Å². The molecule has 0 radical (unpaired) electrons. The van der Waals surface area contributed by atoms with Crippen molar-refractivity contribution < 1.29 is 95.0 Å². The first-order valence-electron chi connectivity index (χ1n) is 33.4. The third-order valence-electron chi connectivity index (χ3n) is 14.3. The van der Waals surface area contributed by atoms with Gasteiger partial charge in [0.05, 0.1) is 185 Å². The predicted molar refractivity (Wildman–Crippen MR) is 356 cm³/mol. The van der Waals surface area contributed by atoms with E-state index in [2.05, 4.69) is 20.4 Å². The molecule has 5 rings (SSSR count). The maximum atomic E-state index is 13.0. The molecule has 0 bridgehead atoms. The van der Waals surface area contributed by atoms with Crippen LogP contribution in [0.4, 0.5) is 5.69 Å². The molecule has 0 spiro atoms. The van der Waals surface area contributed by atoms with Gasteiger partial charge in [0.2, 0.25) is 5.89 Å². The molecular formula is C69H104N6O21. The van der Waals surface area contributed by atoms with Crippen LogP contribution in [-0.4, -0.2) is 253 Å². The van der Waals surface area contributed by atoms with Crippen molar-refractivity contribution in [1.82, 2.24) is 19.7 Å². The Morgan fingerprint density at radius 1 is 0.542 bits per heavy atom. The molecule has 0 aliphatic carbocycles. The minimum Gasteiger partial charge on any atom is -0.435 e. The van der Waals surface area contributed by atoms with Gasteiger partial charge in [-0.25, -0.2) is 9.67 Å². The number of fused-ring (bicyclic) bond motifs is 1. The summed E-state index contributed by atoms with van der Waals surface area (Å²) in [6.07, 6.45) is 3.71. The number of aryl methyl sites for hydroxylation is 2. The number of rotatable bonds is 62. The Hall–Kier alpha value is -5.93. The first-order valence-corrected chi connectivity index (χ1v) is 33.4. The van der Waals surface area contributed by atoms with Crippen molar-refractivity contribution >= 4 is 34.3 Å². The second-order valence-corrected chi connectivity index (χ2v) is 22.5. The summed E-state index contributed by atoms with van der Waals surface area (Å²) in [7, 11) is 1.55. The summed E-state index contributed by atoms with van der Waals surface area (Å²) < 4.78 is 90.5. The maximum Gasteiger partial charge on any atom is 0.274 e. The number of amides is 1. The molecule has 0 saturated carbocycles. The number of oxazole rings is 1. The molecule has 1 amide bonds. The number of pyridine rings is 1. The van der Waals surface area contributed by atoms with E-state index >= 15 is 0 Å². The first kappa shape index (κ1) is 80.7. The Balaban J connectivity index is 0.656. The molecule has 4 N–H and O–H groups in total. The zero-order chi connectivity index (χ0) is 68.3. The summed E-state index contributed by atoms with van der Waals surface area (Å²) in [4.78, 5) is 59.3. The third kappa shape index (κ3) is 37.1. The lowest BCUT2D eigenvalue weighted by atomic mass is 9.85. The van der Waals surface area contributed by atoms with E-state index in [-0.39, 0.29) is 47.0 Å². The van der Waals surface area contributed by atoms with E-state index in [1.807, 2.05) is 50.2 Å². The molecule has 3 heterocycles. The molecule has 96 heavy (non-hydrogen) atoms. The highest BCUT2D eigenvalue weighted by Crippen LogP contribution is 2.26. The molecule has 27 heteroatoms. The van der Waals surface area contributed by atoms with Gasteiger partial charge in [-0.3, -0.25) is 24.2 Å². The molecule has 0 aliphatic rings. The lowest BCUT2D eigenvalue weighted by Crippen LogP contribution is -2.43. The van der Waals surface area contributed by atoms with Crippen LogP contribution < -0.4 is 16.6 Å². The van der Waals surface area contributed by atoms with Gasteiger partial charge in [0, 0.05) is 63.0 Å². The summed E-state index contributed by atoms with van der Waals surface area (Å²) in [6.45, 7) is 17.8. The van der Waals surface area contributed by atoms with Crippen molar-refractivity contribution in [3.8, 4) is 11.6 Å². The third-order valence-corrected chi connectivity index (χ3v) is 14.3. The minimum absolute atomic E-state index is 0.00611. The number of hydrogen-bond acceptors (Lipinski definition) is 25. The van der Waals surface area contributed by atoms with Crippen molar-refractivity contribution in [3.63, 3.8) is 0 Å². The fourth-order valence-electron chi connectivity index (χ4n) is 9.24. The highest BCUT2D eigenvalue weighted by atomic mass is 16.6. The number of nitrogens with zero attached hydrogens (tertiary/aromatic N) is 4. The SMILES string of the molecule is CC(C)C[C@H](CC(=O)[C@@H](O)[C@H](N)Cc1ccccc1)C(=O)CCCOCCOCCOCCOCCOCCOCCOCCOCCOCCOCCOCCOCCOCCOCCOCCCc1ccc(C(=O)Nc2ccc3oc(-c4ccc(=O)n(C)n4)nc3c2)nc1. The van der Waals surface area contributed by atoms with Crippen molar-refractivity contribution in [1.29, 1.82) is 0 Å². The average molecular weight is 1350 g/mol. The van der Waals surface area contributed by atoms with Crippen LogP contribution >= 0.6 is 0 Å². The lowest BCUT2D eigenvalue weighted by Gasteiger charge is -2.22. The van der Waals surface area contributed by atoms with Crippen LogP contribution in [0.3, 0.4) is 0 Å². The second kappa shape index (κ2) is 52.2. The Morgan fingerprint density at radius 2 is 0.990 bits per heavy atom. The number of carbonyl (C=O) groups is 3. The van der Waals surface area contributed by atoms with Gasteiger partial charge in [-0.15, -0.1) is 0 Å². The summed E-state index contributed by atoms with van der Waals surface area (Å²) in [5.41, 5.74) is 10.1. The monoisotopic (exact) mass is 1350 g/mol. The summed E-state index contributed by atoms with van der Waals surface area (Å²) in [5.74, 6) is -0.693. The molecule has 536 valence electrons. The fraction of sp³-hybridized carbons (Fsp3) is 0.638. The second-order valence-electron chi connectivity index (χ2n) is 22.5. The zero-order valence-electron chi connectivity index (χ0n) is 56.5. The number of ketones is 2. The lowest BCUT2D eigenvalue weighted by molar-refractivity contribution is -0.133. The van der Waals surface area contributed by atoms with Crippen LogP contribution in [0, 0.1) is 11.8 Å². The summed E-state index contributed by atoms with van der Waals surface area (Å²) in [5, 5.41) is 17.6. The quantitative estimate of drug-likeness (QED) is 0.0415. The standard InChI is InChI=1S/C69H104N6O21/c1-54(2)49-57(51-64(77)67(79)59(70)50-55-9-5-4-6-10-55)63(76)12-8-20-82-22-24-84-26-28-86-30-32-88-34-36-90-38-40-92-42-44-94-46-48-95-47-45-93-43-41-91-39-37-89-35-33-87-31-29-85-27-25-83-23-21-81-19-7-11-56-13-15-60(71-53-56)68(80)72-58-14-17-65-62(52-58)73-69(96-65)61-16-18-66(78)75(3)74-61/h4-6,9-10,13-18,52-54,57,59,67,79H,7-8,11-12,19-51,70H2,1-3H3,(H,72,80)/t57-,59-,67+/m1/s1. The molecule has 0 fully saturated rings. The van der Waals surface area contributed by atoms with Gasteiger partial charge in [0.25, 0.3) is 11.5 Å². The van der Waals surface area contributed by atoms with Crippen LogP contribution in [0.5, 0.6) is 0 Å². The number of nitrogens with two attached hydrogens (primary N) is 1. The van der Waals surface area contributed by atoms with Gasteiger partial charge >= 0.3 is 0 Å². The molecular weight excluding hydrogens is 1250 g/mol. The van der Waals surface area contributed by atoms with E-state index in [0.29, 0.717) is 246 Å². The molecule has 27 nitrogen and oxygen atoms in total. The molecule has 0 unspecified atom stereocenters. The van der Waals surface area contributed by atoms with Crippen LogP contribution in [0.1, 0.15) is 67.6 Å². The number of benzene rings is 2. The van der Waals surface area contributed by atoms with Crippen LogP contribution in [0.25, 0.3) is 22.7 Å². The average Bonchev–Trinajstić information content (AvgIpc) is 1.71. The maximum absolute atomic E-state index is 13.0. The van der Waals surface area contributed by atoms with Crippen molar-refractivity contribution in [2.75, 3.05) is 204 Å². The Bertz CT molecular complexity index is 2870. The number of aromatic nitrogens is 4. The molecule has 2 aromatic carbocycles. The number of aliphatic hydroxyl groups is 1. The number of nitrogens with one attached hydrogen (secondary N) is 1. The van der Waals surface area contributed by atoms with Crippen LogP contribution in [-0.2, 0) is 101 Å². The number of anilines is 1. The Kier molecular flexibility index (Phi) is 43.9. The van der Waals surface area contributed by atoms with Crippen molar-refractivity contribution in [3.05, 3.63) is 106 Å². The number of aliphatic hydroxyl groups excluding tert-OH is 1. The fourth-order valence-corrected chi connectivity index (χ4v) is 9.24. The van der Waals surface area contributed by atoms with Crippen LogP contribution in [0.2, 0.25) is 0 Å². The smallest absolute Gasteiger partial charge is 0.274 e. The Morgan fingerprint density at radius 3 is 1.42 bits per heavy atom. The van der Waals surface area contributed by atoms with Crippen LogP contribution in [0.15, 0.2) is 88.2 Å². The summed E-state index contributed by atoms with van der Waals surface area (Å²) in [6, 6.07) is 20.4. The van der Waals surface area contributed by atoms with Gasteiger partial charge in [-0.05, 0) is 79.5 Å². The van der Waals surface area contributed by atoms with Gasteiger partial charge in [0.15, 0.2) is 11.4 Å². The van der Waals surface area contributed by atoms with Gasteiger partial charge in [-0.1, -0.05) is 50.2 Å². The number of ether oxygens (including phenoxy) is 15. The molecule has 3 atom stereocenters. The highest BCUT2D eigenvalue weighted by Gasteiger charge is 2.29. The zero-order valence-corrected chi connectivity index (χ0v) is 56.5.